The summed E-state index contributed by atoms with van der Waals surface area (Å²) in [5.41, 5.74) is 1.57. The van der Waals surface area contributed by atoms with E-state index >= 15 is 0 Å². The highest BCUT2D eigenvalue weighted by atomic mass is 32.2. The molecule has 2 N–H and O–H groups in total. The van der Waals surface area contributed by atoms with Crippen molar-refractivity contribution in [1.82, 2.24) is 10.2 Å². The van der Waals surface area contributed by atoms with E-state index in [4.69, 9.17) is 5.11 Å². The van der Waals surface area contributed by atoms with Crippen LogP contribution in [0.1, 0.15) is 28.8 Å². The molecule has 0 aliphatic carbocycles. The number of carboxylic acid groups (broad SMARTS) is 1. The van der Waals surface area contributed by atoms with Gasteiger partial charge < -0.3 is 15.3 Å². The molecule has 0 unspecified atom stereocenters. The van der Waals surface area contributed by atoms with Crippen LogP contribution in [0.2, 0.25) is 0 Å². The summed E-state index contributed by atoms with van der Waals surface area (Å²) in [5, 5.41) is 11.3. The summed E-state index contributed by atoms with van der Waals surface area (Å²) in [5.74, 6) is -0.240. The summed E-state index contributed by atoms with van der Waals surface area (Å²) in [7, 11) is 0. The predicted molar refractivity (Wildman–Crippen MR) is 88.4 cm³/mol. The third-order valence-electron chi connectivity index (χ3n) is 3.52. The minimum Gasteiger partial charge on any atom is -0.481 e. The number of nitrogens with zero attached hydrogens (tertiary/aromatic N) is 1. The first-order chi connectivity index (χ1) is 11.1. The topological polar surface area (TPSA) is 86.7 Å². The highest BCUT2D eigenvalue weighted by molar-refractivity contribution is 7.99. The molecule has 0 atom stereocenters. The fourth-order valence-corrected chi connectivity index (χ4v) is 2.92. The minimum absolute atomic E-state index is 0.0415. The van der Waals surface area contributed by atoms with Crippen molar-refractivity contribution < 1.29 is 19.5 Å². The molecule has 1 heterocycles. The monoisotopic (exact) mass is 336 g/mol. The van der Waals surface area contributed by atoms with Crippen molar-refractivity contribution in [3.8, 4) is 0 Å². The summed E-state index contributed by atoms with van der Waals surface area (Å²) in [6.45, 7) is 1.82. The maximum atomic E-state index is 11.9. The number of hydrogen-bond acceptors (Lipinski definition) is 4. The largest absolute Gasteiger partial charge is 0.481 e. The first kappa shape index (κ1) is 17.3. The Hall–Kier alpha value is -2.02. The molecular formula is C16H20N2O4S. The lowest BCUT2D eigenvalue weighted by Crippen LogP contribution is -2.26. The van der Waals surface area contributed by atoms with E-state index < -0.39 is 5.97 Å². The third kappa shape index (κ3) is 5.59. The maximum Gasteiger partial charge on any atom is 0.313 e. The fraction of sp³-hybridized carbons (Fsp3) is 0.438. The van der Waals surface area contributed by atoms with Crippen molar-refractivity contribution in [2.75, 3.05) is 24.6 Å². The summed E-state index contributed by atoms with van der Waals surface area (Å²) in [6.07, 6.45) is 1.54. The lowest BCUT2D eigenvalue weighted by Gasteiger charge is -2.15. The number of benzene rings is 1. The zero-order valence-electron chi connectivity index (χ0n) is 12.8. The Morgan fingerprint density at radius 2 is 2.00 bits per heavy atom. The average Bonchev–Trinajstić information content (AvgIpc) is 2.92. The van der Waals surface area contributed by atoms with Gasteiger partial charge in [0.05, 0.1) is 5.75 Å². The number of aliphatic carboxylic acids is 1. The van der Waals surface area contributed by atoms with Crippen LogP contribution >= 0.6 is 11.8 Å². The van der Waals surface area contributed by atoms with Gasteiger partial charge >= 0.3 is 5.97 Å². The Morgan fingerprint density at radius 3 is 2.61 bits per heavy atom. The predicted octanol–water partition coefficient (Wildman–Crippen LogP) is 1.36. The number of likely N-dealkylation sites (tertiary alicyclic amines) is 1. The minimum atomic E-state index is -0.853. The molecular weight excluding hydrogens is 316 g/mol. The zero-order valence-corrected chi connectivity index (χ0v) is 13.6. The van der Waals surface area contributed by atoms with Gasteiger partial charge in [0, 0.05) is 37.4 Å². The highest BCUT2D eigenvalue weighted by Gasteiger charge is 2.19. The van der Waals surface area contributed by atoms with Crippen LogP contribution in [0.5, 0.6) is 0 Å². The molecule has 1 saturated heterocycles. The standard InChI is InChI=1S/C16H20N2O4S/c19-14-2-1-8-18(14)10-12-3-5-13(6-4-12)16(22)17-7-9-23-11-15(20)21/h3-6H,1-2,7-11H2,(H,17,22)(H,20,21). The molecule has 1 fully saturated rings. The molecule has 0 spiro atoms. The van der Waals surface area contributed by atoms with Gasteiger partial charge in [0.1, 0.15) is 0 Å². The van der Waals surface area contributed by atoms with Crippen molar-refractivity contribution in [2.45, 2.75) is 19.4 Å². The van der Waals surface area contributed by atoms with E-state index in [-0.39, 0.29) is 17.6 Å². The van der Waals surface area contributed by atoms with Gasteiger partial charge in [0.25, 0.3) is 5.91 Å². The molecule has 1 aromatic rings. The van der Waals surface area contributed by atoms with E-state index in [0.29, 0.717) is 30.8 Å². The number of carboxylic acids is 1. The normalized spacial score (nSPS) is 14.1. The lowest BCUT2D eigenvalue weighted by molar-refractivity contribution is -0.134. The van der Waals surface area contributed by atoms with Crippen molar-refractivity contribution in [1.29, 1.82) is 0 Å². The smallest absolute Gasteiger partial charge is 0.313 e. The summed E-state index contributed by atoms with van der Waals surface area (Å²) < 4.78 is 0. The molecule has 23 heavy (non-hydrogen) atoms. The Labute approximate surface area is 139 Å². The van der Waals surface area contributed by atoms with E-state index in [1.807, 2.05) is 17.0 Å². The van der Waals surface area contributed by atoms with Gasteiger partial charge in [-0.05, 0) is 24.1 Å². The van der Waals surface area contributed by atoms with E-state index in [1.165, 1.54) is 11.8 Å². The number of amides is 2. The molecule has 0 radical (unpaired) electrons. The Morgan fingerprint density at radius 1 is 1.26 bits per heavy atom. The van der Waals surface area contributed by atoms with E-state index in [9.17, 15) is 14.4 Å². The molecule has 0 bridgehead atoms. The van der Waals surface area contributed by atoms with Crippen LogP contribution in [-0.4, -0.2) is 52.4 Å². The van der Waals surface area contributed by atoms with Gasteiger partial charge in [0.2, 0.25) is 5.91 Å². The second kappa shape index (κ2) is 8.57. The first-order valence-corrected chi connectivity index (χ1v) is 8.66. The lowest BCUT2D eigenvalue weighted by atomic mass is 10.1. The SMILES string of the molecule is O=C(O)CSCCNC(=O)c1ccc(CN2CCCC2=O)cc1. The zero-order chi connectivity index (χ0) is 16.7. The van der Waals surface area contributed by atoms with Gasteiger partial charge in [-0.2, -0.15) is 0 Å². The van der Waals surface area contributed by atoms with E-state index in [1.54, 1.807) is 12.1 Å². The van der Waals surface area contributed by atoms with E-state index in [0.717, 1.165) is 18.5 Å². The molecule has 1 aliphatic rings. The number of rotatable bonds is 8. The van der Waals surface area contributed by atoms with Crippen LogP contribution in [0.4, 0.5) is 0 Å². The molecule has 124 valence electrons. The van der Waals surface area contributed by atoms with Crippen LogP contribution in [0.25, 0.3) is 0 Å². The Bertz CT molecular complexity index is 574. The van der Waals surface area contributed by atoms with Crippen LogP contribution in [0, 0.1) is 0 Å². The summed E-state index contributed by atoms with van der Waals surface area (Å²) >= 11 is 1.27. The molecule has 1 aliphatic heterocycles. The molecule has 1 aromatic carbocycles. The average molecular weight is 336 g/mol. The molecule has 2 amide bonds. The van der Waals surface area contributed by atoms with Crippen molar-refractivity contribution in [3.05, 3.63) is 35.4 Å². The second-order valence-corrected chi connectivity index (χ2v) is 6.42. The van der Waals surface area contributed by atoms with Gasteiger partial charge in [-0.1, -0.05) is 12.1 Å². The Kier molecular flexibility index (Phi) is 6.46. The fourth-order valence-electron chi connectivity index (χ4n) is 2.35. The number of carbonyl (C=O) groups is 3. The van der Waals surface area contributed by atoms with Crippen molar-refractivity contribution in [3.63, 3.8) is 0 Å². The van der Waals surface area contributed by atoms with Crippen LogP contribution in [-0.2, 0) is 16.1 Å². The van der Waals surface area contributed by atoms with Crippen LogP contribution < -0.4 is 5.32 Å². The van der Waals surface area contributed by atoms with Gasteiger partial charge in [-0.3, -0.25) is 14.4 Å². The van der Waals surface area contributed by atoms with Gasteiger partial charge in [-0.25, -0.2) is 0 Å². The molecule has 6 nitrogen and oxygen atoms in total. The molecule has 0 saturated carbocycles. The maximum absolute atomic E-state index is 11.9. The van der Waals surface area contributed by atoms with Crippen molar-refractivity contribution >= 4 is 29.5 Å². The van der Waals surface area contributed by atoms with E-state index in [2.05, 4.69) is 5.32 Å². The number of hydrogen-bond donors (Lipinski definition) is 2. The third-order valence-corrected chi connectivity index (χ3v) is 4.46. The van der Waals surface area contributed by atoms with Gasteiger partial charge in [0.15, 0.2) is 0 Å². The quantitative estimate of drug-likeness (QED) is 0.700. The second-order valence-electron chi connectivity index (χ2n) is 5.32. The number of thioether (sulfide) groups is 1. The van der Waals surface area contributed by atoms with Gasteiger partial charge in [-0.15, -0.1) is 11.8 Å². The molecule has 7 heteroatoms. The summed E-state index contributed by atoms with van der Waals surface area (Å²) in [4.78, 5) is 35.7. The van der Waals surface area contributed by atoms with Crippen LogP contribution in [0.3, 0.4) is 0 Å². The highest BCUT2D eigenvalue weighted by Crippen LogP contribution is 2.14. The number of nitrogens with one attached hydrogen (secondary N) is 1. The number of carbonyl (C=O) groups excluding carboxylic acids is 2. The molecule has 0 aromatic heterocycles. The Balaban J connectivity index is 1.76. The summed E-state index contributed by atoms with van der Waals surface area (Å²) in [6, 6.07) is 7.21. The first-order valence-electron chi connectivity index (χ1n) is 7.50. The van der Waals surface area contributed by atoms with Crippen LogP contribution in [0.15, 0.2) is 24.3 Å². The van der Waals surface area contributed by atoms with Crippen molar-refractivity contribution in [2.24, 2.45) is 0 Å². The molecule has 2 rings (SSSR count).